The lowest BCUT2D eigenvalue weighted by atomic mass is 10.6. The van der Waals surface area contributed by atoms with Crippen LogP contribution in [-0.4, -0.2) is 35.2 Å². The van der Waals surface area contributed by atoms with Gasteiger partial charge >= 0.3 is 5.97 Å². The van der Waals surface area contributed by atoms with Crippen molar-refractivity contribution < 1.29 is 14.3 Å². The second kappa shape index (κ2) is 3.82. The van der Waals surface area contributed by atoms with E-state index in [1.165, 1.54) is 31.3 Å². The fourth-order valence-corrected chi connectivity index (χ4v) is 0.755. The third-order valence-corrected chi connectivity index (χ3v) is 1.31. The number of rotatable bonds is 3. The molecule has 1 atom stereocenters. The van der Waals surface area contributed by atoms with Crippen molar-refractivity contribution in [3.05, 3.63) is 12.4 Å². The predicted octanol–water partition coefficient (Wildman–Crippen LogP) is -0.404. The predicted molar refractivity (Wildman–Crippen MR) is 38.1 cm³/mol. The Hall–Kier alpha value is -1.43. The van der Waals surface area contributed by atoms with E-state index in [2.05, 4.69) is 15.0 Å². The van der Waals surface area contributed by atoms with E-state index in [-0.39, 0.29) is 0 Å². The van der Waals surface area contributed by atoms with E-state index >= 15 is 0 Å². The number of nitrogens with zero attached hydrogens (tertiary/aromatic N) is 3. The highest BCUT2D eigenvalue weighted by molar-refractivity contribution is 5.72. The van der Waals surface area contributed by atoms with Gasteiger partial charge in [0, 0.05) is 13.3 Å². The van der Waals surface area contributed by atoms with Crippen molar-refractivity contribution in [2.75, 3.05) is 14.2 Å². The molecule has 6 heteroatoms. The minimum atomic E-state index is -0.850. The smallest absolute Gasteiger partial charge is 0.358 e. The van der Waals surface area contributed by atoms with Crippen molar-refractivity contribution in [1.82, 2.24) is 15.0 Å². The monoisotopic (exact) mass is 171 g/mol. The zero-order valence-electron chi connectivity index (χ0n) is 6.80. The standard InChI is InChI=1S/C6H9N3O3/c1-11-5(6(10)12-2)9-4-3-7-8-9/h3-5H,1-2H3. The Balaban J connectivity index is 2.76. The van der Waals surface area contributed by atoms with Gasteiger partial charge in [0.1, 0.15) is 0 Å². The Morgan fingerprint density at radius 1 is 1.58 bits per heavy atom. The van der Waals surface area contributed by atoms with Crippen molar-refractivity contribution in [1.29, 1.82) is 0 Å². The average molecular weight is 171 g/mol. The number of methoxy groups -OCH3 is 2. The second-order valence-electron chi connectivity index (χ2n) is 1.99. The number of aromatic nitrogens is 3. The first-order chi connectivity index (χ1) is 5.79. The minimum absolute atomic E-state index is 0.511. The zero-order valence-corrected chi connectivity index (χ0v) is 6.80. The van der Waals surface area contributed by atoms with E-state index in [1.54, 1.807) is 0 Å². The Morgan fingerprint density at radius 3 is 2.75 bits per heavy atom. The second-order valence-corrected chi connectivity index (χ2v) is 1.99. The fraction of sp³-hybridized carbons (Fsp3) is 0.500. The van der Waals surface area contributed by atoms with Crippen LogP contribution in [0.4, 0.5) is 0 Å². The number of carbonyl (C=O) groups is 1. The van der Waals surface area contributed by atoms with Gasteiger partial charge in [-0.25, -0.2) is 9.48 Å². The maximum absolute atomic E-state index is 11.0. The van der Waals surface area contributed by atoms with E-state index in [0.717, 1.165) is 0 Å². The molecule has 0 spiro atoms. The van der Waals surface area contributed by atoms with Crippen LogP contribution < -0.4 is 0 Å². The SMILES string of the molecule is COC(=O)C(OC)n1ccnn1. The van der Waals surface area contributed by atoms with Crippen LogP contribution in [0.2, 0.25) is 0 Å². The summed E-state index contributed by atoms with van der Waals surface area (Å²) in [4.78, 5) is 11.0. The zero-order chi connectivity index (χ0) is 8.97. The Labute approximate surface area is 69.1 Å². The van der Waals surface area contributed by atoms with Gasteiger partial charge in [-0.2, -0.15) is 0 Å². The van der Waals surface area contributed by atoms with Crippen LogP contribution in [0.5, 0.6) is 0 Å². The molecule has 0 aliphatic carbocycles. The molecular weight excluding hydrogens is 162 g/mol. The maximum Gasteiger partial charge on any atom is 0.358 e. The molecular formula is C6H9N3O3. The molecule has 0 amide bonds. The fourth-order valence-electron chi connectivity index (χ4n) is 0.755. The molecule has 0 fully saturated rings. The van der Waals surface area contributed by atoms with E-state index in [1.807, 2.05) is 0 Å². The Morgan fingerprint density at radius 2 is 2.33 bits per heavy atom. The molecule has 1 aromatic heterocycles. The van der Waals surface area contributed by atoms with E-state index < -0.39 is 12.2 Å². The van der Waals surface area contributed by atoms with E-state index in [4.69, 9.17) is 4.74 Å². The molecule has 0 N–H and O–H groups in total. The molecule has 6 nitrogen and oxygen atoms in total. The van der Waals surface area contributed by atoms with Crippen molar-refractivity contribution in [2.45, 2.75) is 6.23 Å². The van der Waals surface area contributed by atoms with Crippen molar-refractivity contribution in [2.24, 2.45) is 0 Å². The lowest BCUT2D eigenvalue weighted by molar-refractivity contribution is -0.159. The summed E-state index contributed by atoms with van der Waals surface area (Å²) in [6.07, 6.45) is 2.12. The molecule has 1 aromatic rings. The minimum Gasteiger partial charge on any atom is -0.466 e. The van der Waals surface area contributed by atoms with Gasteiger partial charge in [0.05, 0.1) is 13.3 Å². The molecule has 1 rings (SSSR count). The highest BCUT2D eigenvalue weighted by atomic mass is 16.6. The molecule has 0 aliphatic rings. The molecule has 1 heterocycles. The maximum atomic E-state index is 11.0. The molecule has 66 valence electrons. The van der Waals surface area contributed by atoms with Crippen molar-refractivity contribution in [3.8, 4) is 0 Å². The average Bonchev–Trinajstić information content (AvgIpc) is 2.58. The lowest BCUT2D eigenvalue weighted by Gasteiger charge is -2.11. The first-order valence-electron chi connectivity index (χ1n) is 3.26. The molecule has 0 saturated heterocycles. The summed E-state index contributed by atoms with van der Waals surface area (Å²) in [5.41, 5.74) is 0. The normalized spacial score (nSPS) is 12.5. The molecule has 0 aromatic carbocycles. The van der Waals surface area contributed by atoms with Gasteiger partial charge in [0.25, 0.3) is 0 Å². The number of carbonyl (C=O) groups excluding carboxylic acids is 1. The number of hydrogen-bond donors (Lipinski definition) is 0. The first-order valence-corrected chi connectivity index (χ1v) is 3.26. The van der Waals surface area contributed by atoms with Gasteiger partial charge < -0.3 is 9.47 Å². The van der Waals surface area contributed by atoms with Gasteiger partial charge in [-0.05, 0) is 0 Å². The highest BCUT2D eigenvalue weighted by Gasteiger charge is 2.20. The highest BCUT2D eigenvalue weighted by Crippen LogP contribution is 2.05. The Kier molecular flexibility index (Phi) is 2.76. The largest absolute Gasteiger partial charge is 0.466 e. The van der Waals surface area contributed by atoms with Crippen LogP contribution in [0.25, 0.3) is 0 Å². The molecule has 0 aliphatic heterocycles. The van der Waals surface area contributed by atoms with Crippen molar-refractivity contribution in [3.63, 3.8) is 0 Å². The van der Waals surface area contributed by atoms with Gasteiger partial charge in [-0.15, -0.1) is 5.10 Å². The van der Waals surface area contributed by atoms with Crippen LogP contribution in [0.1, 0.15) is 6.23 Å². The summed E-state index contributed by atoms with van der Waals surface area (Å²) >= 11 is 0. The summed E-state index contributed by atoms with van der Waals surface area (Å²) in [7, 11) is 2.68. The van der Waals surface area contributed by atoms with Crippen LogP contribution in [-0.2, 0) is 14.3 Å². The lowest BCUT2D eigenvalue weighted by Crippen LogP contribution is -2.23. The van der Waals surface area contributed by atoms with E-state index in [9.17, 15) is 4.79 Å². The topological polar surface area (TPSA) is 66.2 Å². The third-order valence-electron chi connectivity index (χ3n) is 1.31. The van der Waals surface area contributed by atoms with Crippen LogP contribution in [0, 0.1) is 0 Å². The molecule has 0 radical (unpaired) electrons. The van der Waals surface area contributed by atoms with Gasteiger partial charge in [-0.1, -0.05) is 5.21 Å². The number of esters is 1. The molecule has 0 bridgehead atoms. The summed E-state index contributed by atoms with van der Waals surface area (Å²) in [6, 6.07) is 0. The third kappa shape index (κ3) is 1.59. The molecule has 12 heavy (non-hydrogen) atoms. The first kappa shape index (κ1) is 8.66. The number of hydrogen-bond acceptors (Lipinski definition) is 5. The summed E-state index contributed by atoms with van der Waals surface area (Å²) in [5, 5.41) is 7.13. The number of ether oxygens (including phenoxy) is 2. The summed E-state index contributed by atoms with van der Waals surface area (Å²) < 4.78 is 10.6. The van der Waals surface area contributed by atoms with Crippen molar-refractivity contribution >= 4 is 5.97 Å². The summed E-state index contributed by atoms with van der Waals surface area (Å²) in [6.45, 7) is 0. The van der Waals surface area contributed by atoms with Crippen LogP contribution in [0.3, 0.4) is 0 Å². The van der Waals surface area contributed by atoms with Crippen LogP contribution >= 0.6 is 0 Å². The molecule has 1 unspecified atom stereocenters. The van der Waals surface area contributed by atoms with Gasteiger partial charge in [0.15, 0.2) is 0 Å². The summed E-state index contributed by atoms with van der Waals surface area (Å²) in [5.74, 6) is -0.511. The van der Waals surface area contributed by atoms with Gasteiger partial charge in [0.2, 0.25) is 6.23 Å². The van der Waals surface area contributed by atoms with Crippen LogP contribution in [0.15, 0.2) is 12.4 Å². The Bertz CT molecular complexity index is 247. The van der Waals surface area contributed by atoms with Gasteiger partial charge in [-0.3, -0.25) is 0 Å². The quantitative estimate of drug-likeness (QED) is 0.579. The molecule has 0 saturated carbocycles. The van der Waals surface area contributed by atoms with E-state index in [0.29, 0.717) is 0 Å².